The highest BCUT2D eigenvalue weighted by atomic mass is 15.1. The smallest absolute Gasteiger partial charge is 0.141 e. The molecule has 3 N–H and O–H groups in total. The van der Waals surface area contributed by atoms with E-state index in [0.717, 1.165) is 29.8 Å². The van der Waals surface area contributed by atoms with E-state index in [4.69, 9.17) is 5.73 Å². The van der Waals surface area contributed by atoms with Gasteiger partial charge in [-0.3, -0.25) is 4.57 Å². The van der Waals surface area contributed by atoms with Crippen molar-refractivity contribution in [2.45, 2.75) is 26.3 Å². The number of nitrogens with two attached hydrogens (primary N) is 1. The molecule has 0 fully saturated rings. The summed E-state index contributed by atoms with van der Waals surface area (Å²) in [7, 11) is 0. The fourth-order valence-corrected chi connectivity index (χ4v) is 5.60. The van der Waals surface area contributed by atoms with Crippen LogP contribution in [0, 0.1) is 0 Å². The fourth-order valence-electron chi connectivity index (χ4n) is 5.60. The molecule has 0 bridgehead atoms. The lowest BCUT2D eigenvalue weighted by Crippen LogP contribution is -2.28. The van der Waals surface area contributed by atoms with E-state index in [1.54, 1.807) is 6.20 Å². The number of amidine groups is 1. The molecule has 1 atom stereocenters. The topological polar surface area (TPSA) is 72.6 Å². The Balaban J connectivity index is 1.70. The summed E-state index contributed by atoms with van der Waals surface area (Å²) in [4.78, 5) is 8.96. The second-order valence-corrected chi connectivity index (χ2v) is 9.52. The first-order valence-electron chi connectivity index (χ1n) is 13.2. The van der Waals surface area contributed by atoms with Crippen LogP contribution in [-0.4, -0.2) is 34.3 Å². The van der Waals surface area contributed by atoms with Crippen LogP contribution < -0.4 is 11.1 Å². The van der Waals surface area contributed by atoms with Gasteiger partial charge in [0.25, 0.3) is 0 Å². The second-order valence-electron chi connectivity index (χ2n) is 9.52. The Morgan fingerprint density at radius 2 is 1.79 bits per heavy atom. The number of aliphatic imine (C=N–C) groups is 2. The summed E-state index contributed by atoms with van der Waals surface area (Å²) in [5.41, 5.74) is 11.3. The lowest BCUT2D eigenvalue weighted by molar-refractivity contribution is 0.623. The van der Waals surface area contributed by atoms with Crippen molar-refractivity contribution in [1.29, 1.82) is 0 Å². The zero-order chi connectivity index (χ0) is 26.1. The Morgan fingerprint density at radius 1 is 1.00 bits per heavy atom. The number of para-hydroxylation sites is 2. The highest BCUT2D eigenvalue weighted by Gasteiger charge is 2.22. The monoisotopic (exact) mass is 500 g/mol. The number of nitrogens with zero attached hydrogens (tertiary/aromatic N) is 4. The average Bonchev–Trinajstić information content (AvgIpc) is 3.48. The standard InChI is InChI=1S/C32H32N6/c1-3-5-6-11-22(4-2)37-26-14-9-7-12-23(26)24-16-17-28-31(32(24)37)25-13-8-10-15-27(25)38(28)29(33)20-36-30-21-34-18-19-35-30/h3,5-17,19-20,22,34H,4,18,21,33H2,1-2H3/b5-3-,11-6-,29-20+,36-30?. The first kappa shape index (κ1) is 23.9. The zero-order valence-electron chi connectivity index (χ0n) is 21.8. The van der Waals surface area contributed by atoms with Gasteiger partial charge in [-0.15, -0.1) is 0 Å². The predicted octanol–water partition coefficient (Wildman–Crippen LogP) is 6.77. The third kappa shape index (κ3) is 3.94. The number of rotatable bonds is 6. The van der Waals surface area contributed by atoms with Crippen molar-refractivity contribution in [1.82, 2.24) is 14.5 Å². The molecule has 2 aromatic heterocycles. The molecule has 0 radical (unpaired) electrons. The first-order valence-corrected chi connectivity index (χ1v) is 13.2. The minimum Gasteiger partial charge on any atom is -0.384 e. The molecule has 0 aliphatic carbocycles. The van der Waals surface area contributed by atoms with Crippen LogP contribution in [0.15, 0.2) is 101 Å². The molecule has 1 aliphatic heterocycles. The Bertz CT molecular complexity index is 1810. The Hall–Kier alpha value is -4.42. The molecular weight excluding hydrogens is 468 g/mol. The van der Waals surface area contributed by atoms with Gasteiger partial charge >= 0.3 is 0 Å². The summed E-state index contributed by atoms with van der Waals surface area (Å²) in [6.45, 7) is 5.69. The van der Waals surface area contributed by atoms with Crippen LogP contribution in [0.4, 0.5) is 0 Å². The second kappa shape index (κ2) is 10.1. The Kier molecular flexibility index (Phi) is 6.40. The molecule has 1 unspecified atom stereocenters. The highest BCUT2D eigenvalue weighted by molar-refractivity contribution is 6.25. The van der Waals surface area contributed by atoms with Gasteiger partial charge in [-0.05, 0) is 31.5 Å². The van der Waals surface area contributed by atoms with Gasteiger partial charge in [0.05, 0.1) is 35.3 Å². The first-order chi connectivity index (χ1) is 18.7. The van der Waals surface area contributed by atoms with Gasteiger partial charge in [0.2, 0.25) is 0 Å². The van der Waals surface area contributed by atoms with Crippen LogP contribution in [0.5, 0.6) is 0 Å². The third-order valence-electron chi connectivity index (χ3n) is 7.26. The molecule has 5 aromatic rings. The molecule has 3 aromatic carbocycles. The lowest BCUT2D eigenvalue weighted by atomic mass is 10.1. The molecular formula is C32H32N6. The van der Waals surface area contributed by atoms with Crippen molar-refractivity contribution in [3.63, 3.8) is 0 Å². The molecule has 6 heteroatoms. The van der Waals surface area contributed by atoms with E-state index >= 15 is 0 Å². The van der Waals surface area contributed by atoms with E-state index in [9.17, 15) is 0 Å². The van der Waals surface area contributed by atoms with Crippen molar-refractivity contribution in [2.75, 3.05) is 13.1 Å². The van der Waals surface area contributed by atoms with Gasteiger partial charge in [0.15, 0.2) is 0 Å². The SMILES string of the molecule is C/C=C\C=C/C(CC)n1c2ccccc2c2ccc3c(c4ccccc4n3/C(N)=C/N=C3CNCC=N3)c21. The van der Waals surface area contributed by atoms with E-state index < -0.39 is 0 Å². The fraction of sp³-hybridized carbons (Fsp3) is 0.188. The molecule has 6 rings (SSSR count). The molecule has 6 nitrogen and oxygen atoms in total. The number of nitrogens with one attached hydrogen (secondary N) is 1. The number of benzene rings is 3. The van der Waals surface area contributed by atoms with E-state index in [0.29, 0.717) is 12.4 Å². The normalized spacial score (nSPS) is 16.9. The van der Waals surface area contributed by atoms with Crippen LogP contribution in [0.25, 0.3) is 49.4 Å². The van der Waals surface area contributed by atoms with E-state index in [1.807, 2.05) is 13.1 Å². The summed E-state index contributed by atoms with van der Waals surface area (Å²) in [5.74, 6) is 1.28. The number of hydrogen-bond donors (Lipinski definition) is 2. The highest BCUT2D eigenvalue weighted by Crippen LogP contribution is 2.42. The van der Waals surface area contributed by atoms with Crippen molar-refractivity contribution >= 4 is 61.5 Å². The minimum atomic E-state index is 0.206. The van der Waals surface area contributed by atoms with E-state index in [2.05, 4.69) is 116 Å². The van der Waals surface area contributed by atoms with Gasteiger partial charge in [-0.1, -0.05) is 73.7 Å². The van der Waals surface area contributed by atoms with Crippen LogP contribution in [0.1, 0.15) is 26.3 Å². The van der Waals surface area contributed by atoms with Crippen molar-refractivity contribution < 1.29 is 0 Å². The Morgan fingerprint density at radius 3 is 2.55 bits per heavy atom. The van der Waals surface area contributed by atoms with E-state index in [1.165, 1.54) is 32.6 Å². The van der Waals surface area contributed by atoms with Gasteiger partial charge in [-0.25, -0.2) is 9.98 Å². The summed E-state index contributed by atoms with van der Waals surface area (Å²) in [6.07, 6.45) is 13.1. The summed E-state index contributed by atoms with van der Waals surface area (Å²) in [5, 5.41) is 8.14. The number of fused-ring (bicyclic) bond motifs is 7. The van der Waals surface area contributed by atoms with Crippen molar-refractivity contribution in [3.8, 4) is 0 Å². The summed E-state index contributed by atoms with van der Waals surface area (Å²) >= 11 is 0. The van der Waals surface area contributed by atoms with Crippen LogP contribution in [-0.2, 0) is 0 Å². The van der Waals surface area contributed by atoms with Crippen molar-refractivity contribution in [3.05, 3.63) is 91.2 Å². The lowest BCUT2D eigenvalue weighted by Gasteiger charge is -2.17. The average molecular weight is 501 g/mol. The maximum atomic E-state index is 6.73. The summed E-state index contributed by atoms with van der Waals surface area (Å²) in [6, 6.07) is 21.8. The molecule has 0 spiro atoms. The maximum absolute atomic E-state index is 6.73. The third-order valence-corrected chi connectivity index (χ3v) is 7.26. The minimum absolute atomic E-state index is 0.206. The van der Waals surface area contributed by atoms with Crippen LogP contribution in [0.2, 0.25) is 0 Å². The Labute approximate surface area is 222 Å². The predicted molar refractivity (Wildman–Crippen MR) is 163 cm³/mol. The van der Waals surface area contributed by atoms with Gasteiger partial charge in [0, 0.05) is 39.8 Å². The molecule has 38 heavy (non-hydrogen) atoms. The van der Waals surface area contributed by atoms with Crippen LogP contribution in [0.3, 0.4) is 0 Å². The molecule has 1 aliphatic rings. The number of hydrogen-bond acceptors (Lipinski definition) is 3. The largest absolute Gasteiger partial charge is 0.384 e. The number of allylic oxidation sites excluding steroid dienone is 4. The van der Waals surface area contributed by atoms with Crippen LogP contribution >= 0.6 is 0 Å². The maximum Gasteiger partial charge on any atom is 0.141 e. The zero-order valence-corrected chi connectivity index (χ0v) is 21.8. The van der Waals surface area contributed by atoms with E-state index in [-0.39, 0.29) is 6.04 Å². The van der Waals surface area contributed by atoms with Gasteiger partial charge in [-0.2, -0.15) is 0 Å². The summed E-state index contributed by atoms with van der Waals surface area (Å²) < 4.78 is 4.62. The van der Waals surface area contributed by atoms with Crippen molar-refractivity contribution in [2.24, 2.45) is 15.7 Å². The quantitative estimate of drug-likeness (QED) is 0.252. The van der Waals surface area contributed by atoms with Gasteiger partial charge in [0.1, 0.15) is 11.7 Å². The molecule has 0 amide bonds. The molecule has 0 saturated carbocycles. The number of aromatic nitrogens is 2. The van der Waals surface area contributed by atoms with Gasteiger partial charge < -0.3 is 15.6 Å². The molecule has 0 saturated heterocycles. The molecule has 3 heterocycles. The molecule has 190 valence electrons.